The lowest BCUT2D eigenvalue weighted by atomic mass is 10.1. The van der Waals surface area contributed by atoms with E-state index < -0.39 is 12.0 Å². The van der Waals surface area contributed by atoms with Crippen molar-refractivity contribution in [1.29, 1.82) is 0 Å². The van der Waals surface area contributed by atoms with Gasteiger partial charge in [0.1, 0.15) is 11.0 Å². The molecule has 0 spiro atoms. The van der Waals surface area contributed by atoms with Gasteiger partial charge < -0.3 is 5.32 Å². The third-order valence-electron chi connectivity index (χ3n) is 2.59. The molecule has 0 aliphatic rings. The molecular weight excluding hydrogens is 291 g/mol. The molecule has 0 amide bonds. The maximum Gasteiger partial charge on any atom is 0.451 e. The second-order valence-corrected chi connectivity index (χ2v) is 4.73. The maximum absolute atomic E-state index is 12.6. The van der Waals surface area contributed by atoms with Crippen molar-refractivity contribution in [2.24, 2.45) is 0 Å². The Balaban J connectivity index is 2.36. The molecule has 0 aliphatic heterocycles. The molecule has 0 fully saturated rings. The van der Waals surface area contributed by atoms with E-state index in [0.29, 0.717) is 5.69 Å². The SMILES string of the molecule is Cc1ccc(Nc2cc(Cl)nc(C(F)(F)F)n2)c(C)c1. The fraction of sp³-hybridized carbons (Fsp3) is 0.231. The largest absolute Gasteiger partial charge is 0.451 e. The lowest BCUT2D eigenvalue weighted by Gasteiger charge is -2.12. The number of aromatic nitrogens is 2. The molecule has 0 saturated heterocycles. The highest BCUT2D eigenvalue weighted by atomic mass is 35.5. The molecule has 1 aromatic carbocycles. The van der Waals surface area contributed by atoms with E-state index in [1.165, 1.54) is 6.07 Å². The van der Waals surface area contributed by atoms with Crippen molar-refractivity contribution in [3.05, 3.63) is 46.4 Å². The van der Waals surface area contributed by atoms with Crippen LogP contribution in [0.2, 0.25) is 5.15 Å². The van der Waals surface area contributed by atoms with E-state index in [2.05, 4.69) is 15.3 Å². The standard InChI is InChI=1S/C13H11ClF3N3/c1-7-3-4-9(8(2)5-7)18-11-6-10(14)19-12(20-11)13(15,16)17/h3-6H,1-2H3,(H,18,19,20). The molecule has 0 saturated carbocycles. The number of anilines is 2. The molecule has 3 nitrogen and oxygen atoms in total. The Morgan fingerprint density at radius 2 is 1.80 bits per heavy atom. The topological polar surface area (TPSA) is 37.8 Å². The third kappa shape index (κ3) is 3.39. The number of alkyl halides is 3. The minimum Gasteiger partial charge on any atom is -0.340 e. The highest BCUT2D eigenvalue weighted by Crippen LogP contribution is 2.29. The number of rotatable bonds is 2. The number of nitrogens with one attached hydrogen (secondary N) is 1. The van der Waals surface area contributed by atoms with E-state index in [4.69, 9.17) is 11.6 Å². The minimum atomic E-state index is -4.64. The summed E-state index contributed by atoms with van der Waals surface area (Å²) in [4.78, 5) is 6.60. The molecule has 1 N–H and O–H groups in total. The van der Waals surface area contributed by atoms with Crippen molar-refractivity contribution < 1.29 is 13.2 Å². The predicted octanol–water partition coefficient (Wildman–Crippen LogP) is 4.51. The first-order valence-corrected chi connectivity index (χ1v) is 6.09. The Morgan fingerprint density at radius 1 is 1.10 bits per heavy atom. The van der Waals surface area contributed by atoms with Gasteiger partial charge in [0, 0.05) is 11.8 Å². The molecule has 0 bridgehead atoms. The third-order valence-corrected chi connectivity index (χ3v) is 2.79. The number of halogens is 4. The first-order valence-electron chi connectivity index (χ1n) is 5.72. The Kier molecular flexibility index (Phi) is 3.85. The van der Waals surface area contributed by atoms with Gasteiger partial charge in [-0.15, -0.1) is 0 Å². The van der Waals surface area contributed by atoms with Crippen LogP contribution in [0.3, 0.4) is 0 Å². The number of hydrogen-bond donors (Lipinski definition) is 1. The summed E-state index contributed by atoms with van der Waals surface area (Å²) in [5.41, 5.74) is 2.62. The molecule has 106 valence electrons. The maximum atomic E-state index is 12.6. The predicted molar refractivity (Wildman–Crippen MR) is 71.2 cm³/mol. The first kappa shape index (κ1) is 14.6. The van der Waals surface area contributed by atoms with Crippen LogP contribution in [0.15, 0.2) is 24.3 Å². The molecule has 0 atom stereocenters. The normalized spacial score (nSPS) is 11.5. The molecule has 2 aromatic rings. The molecule has 7 heteroatoms. The van der Waals surface area contributed by atoms with Gasteiger partial charge in [-0.25, -0.2) is 9.97 Å². The Bertz CT molecular complexity index is 641. The number of aryl methyl sites for hydroxylation is 2. The van der Waals surface area contributed by atoms with Gasteiger partial charge in [0.2, 0.25) is 5.82 Å². The van der Waals surface area contributed by atoms with Crippen LogP contribution >= 0.6 is 11.6 Å². The summed E-state index contributed by atoms with van der Waals surface area (Å²) in [5.74, 6) is -1.26. The van der Waals surface area contributed by atoms with Crippen molar-refractivity contribution in [2.45, 2.75) is 20.0 Å². The van der Waals surface area contributed by atoms with Crippen molar-refractivity contribution in [2.75, 3.05) is 5.32 Å². The van der Waals surface area contributed by atoms with Crippen LogP contribution in [0.25, 0.3) is 0 Å². The van der Waals surface area contributed by atoms with Gasteiger partial charge in [-0.05, 0) is 25.5 Å². The van der Waals surface area contributed by atoms with Crippen molar-refractivity contribution >= 4 is 23.1 Å². The summed E-state index contributed by atoms with van der Waals surface area (Å²) in [7, 11) is 0. The van der Waals surface area contributed by atoms with Gasteiger partial charge in [0.05, 0.1) is 0 Å². The highest BCUT2D eigenvalue weighted by molar-refractivity contribution is 6.29. The van der Waals surface area contributed by atoms with Crippen LogP contribution in [0.4, 0.5) is 24.7 Å². The molecule has 0 radical (unpaired) electrons. The van der Waals surface area contributed by atoms with Gasteiger partial charge >= 0.3 is 6.18 Å². The Labute approximate surface area is 118 Å². The molecule has 0 aliphatic carbocycles. The van der Waals surface area contributed by atoms with Gasteiger partial charge in [-0.3, -0.25) is 0 Å². The molecule has 1 heterocycles. The summed E-state index contributed by atoms with van der Waals surface area (Å²) in [6, 6.07) is 6.78. The number of nitrogens with zero attached hydrogens (tertiary/aromatic N) is 2. The van der Waals surface area contributed by atoms with Gasteiger partial charge in [-0.1, -0.05) is 29.3 Å². The smallest absolute Gasteiger partial charge is 0.340 e. The summed E-state index contributed by atoms with van der Waals surface area (Å²) < 4.78 is 37.8. The lowest BCUT2D eigenvalue weighted by molar-refractivity contribution is -0.144. The molecule has 2 rings (SSSR count). The second kappa shape index (κ2) is 5.28. The van der Waals surface area contributed by atoms with Crippen LogP contribution in [0, 0.1) is 13.8 Å². The summed E-state index contributed by atoms with van der Waals surface area (Å²) in [6.45, 7) is 3.78. The second-order valence-electron chi connectivity index (χ2n) is 4.34. The average molecular weight is 302 g/mol. The van der Waals surface area contributed by atoms with Crippen LogP contribution in [-0.4, -0.2) is 9.97 Å². The van der Waals surface area contributed by atoms with E-state index >= 15 is 0 Å². The van der Waals surface area contributed by atoms with E-state index in [1.54, 1.807) is 6.07 Å². The molecule has 20 heavy (non-hydrogen) atoms. The first-order chi connectivity index (χ1) is 9.25. The summed E-state index contributed by atoms with van der Waals surface area (Å²) in [5, 5.41) is 2.55. The van der Waals surface area contributed by atoms with Crippen LogP contribution in [0.5, 0.6) is 0 Å². The van der Waals surface area contributed by atoms with Gasteiger partial charge in [-0.2, -0.15) is 13.2 Å². The van der Waals surface area contributed by atoms with E-state index in [9.17, 15) is 13.2 Å². The van der Waals surface area contributed by atoms with Crippen molar-refractivity contribution in [3.63, 3.8) is 0 Å². The zero-order chi connectivity index (χ0) is 14.9. The van der Waals surface area contributed by atoms with Crippen LogP contribution < -0.4 is 5.32 Å². The summed E-state index contributed by atoms with van der Waals surface area (Å²) >= 11 is 5.60. The fourth-order valence-corrected chi connectivity index (χ4v) is 1.88. The summed E-state index contributed by atoms with van der Waals surface area (Å²) in [6.07, 6.45) is -4.64. The van der Waals surface area contributed by atoms with E-state index in [0.717, 1.165) is 11.1 Å². The highest BCUT2D eigenvalue weighted by Gasteiger charge is 2.35. The quantitative estimate of drug-likeness (QED) is 0.829. The zero-order valence-corrected chi connectivity index (χ0v) is 11.5. The Morgan fingerprint density at radius 3 is 2.40 bits per heavy atom. The van der Waals surface area contributed by atoms with Gasteiger partial charge in [0.25, 0.3) is 0 Å². The van der Waals surface area contributed by atoms with E-state index in [1.807, 2.05) is 26.0 Å². The number of hydrogen-bond acceptors (Lipinski definition) is 3. The van der Waals surface area contributed by atoms with Crippen LogP contribution in [0.1, 0.15) is 17.0 Å². The average Bonchev–Trinajstić information content (AvgIpc) is 2.31. The van der Waals surface area contributed by atoms with E-state index in [-0.39, 0.29) is 11.0 Å². The minimum absolute atomic E-state index is 0.00396. The van der Waals surface area contributed by atoms with Crippen molar-refractivity contribution in [3.8, 4) is 0 Å². The Hall–Kier alpha value is -1.82. The zero-order valence-electron chi connectivity index (χ0n) is 10.7. The van der Waals surface area contributed by atoms with Gasteiger partial charge in [0.15, 0.2) is 0 Å². The van der Waals surface area contributed by atoms with Crippen LogP contribution in [-0.2, 0) is 6.18 Å². The monoisotopic (exact) mass is 301 g/mol. The van der Waals surface area contributed by atoms with Crippen molar-refractivity contribution in [1.82, 2.24) is 9.97 Å². The molecule has 0 unspecified atom stereocenters. The lowest BCUT2D eigenvalue weighted by Crippen LogP contribution is -2.12. The molecular formula is C13H11ClF3N3. The fourth-order valence-electron chi connectivity index (χ4n) is 1.70. The number of benzene rings is 1. The molecule has 1 aromatic heterocycles.